The molecule has 7 heteroatoms. The second kappa shape index (κ2) is 5.67. The van der Waals surface area contributed by atoms with Crippen molar-refractivity contribution in [3.05, 3.63) is 35.9 Å². The molecule has 0 saturated carbocycles. The van der Waals surface area contributed by atoms with Crippen molar-refractivity contribution < 1.29 is 32.1 Å². The van der Waals surface area contributed by atoms with E-state index in [1.807, 2.05) is 0 Å². The predicted molar refractivity (Wildman–Crippen MR) is 61.5 cm³/mol. The van der Waals surface area contributed by atoms with Crippen LogP contribution in [0, 0.1) is 0 Å². The van der Waals surface area contributed by atoms with Crippen LogP contribution in [0.5, 0.6) is 0 Å². The maximum absolute atomic E-state index is 13.5. The summed E-state index contributed by atoms with van der Waals surface area (Å²) in [6.07, 6.45) is -5.52. The molecule has 0 aromatic heterocycles. The van der Waals surface area contributed by atoms with Gasteiger partial charge in [0.2, 0.25) is 0 Å². The molecular formula is C13H14F4O3. The lowest BCUT2D eigenvalue weighted by molar-refractivity contribution is -0.350. The van der Waals surface area contributed by atoms with Gasteiger partial charge in [0, 0.05) is 0 Å². The van der Waals surface area contributed by atoms with Crippen molar-refractivity contribution in [1.29, 1.82) is 0 Å². The highest BCUT2D eigenvalue weighted by molar-refractivity contribution is 5.13. The second-order valence-electron chi connectivity index (χ2n) is 4.61. The smallest absolute Gasteiger partial charge is 0.338 e. The number of aliphatic hydroxyl groups is 1. The number of halogens is 4. The van der Waals surface area contributed by atoms with Crippen molar-refractivity contribution >= 4 is 0 Å². The summed E-state index contributed by atoms with van der Waals surface area (Å²) < 4.78 is 62.8. The third-order valence-electron chi connectivity index (χ3n) is 3.03. The standard InChI is InChI=1S/C13H14F4O3/c14-12(15)6-11(18)20-10(13(12,16)17)8-19-7-9-4-2-1-3-5-9/h1-5,10-11,18H,6-8H2/t10-,11?/m1/s1. The molecule has 1 N–H and O–H groups in total. The van der Waals surface area contributed by atoms with E-state index in [0.717, 1.165) is 5.56 Å². The van der Waals surface area contributed by atoms with Crippen molar-refractivity contribution in [2.75, 3.05) is 6.61 Å². The number of aliphatic hydroxyl groups excluding tert-OH is 1. The lowest BCUT2D eigenvalue weighted by Gasteiger charge is -2.39. The molecule has 0 bridgehead atoms. The SMILES string of the molecule is OC1CC(F)(F)C(F)(F)[C@@H](COCc2ccccc2)O1. The summed E-state index contributed by atoms with van der Waals surface area (Å²) in [6.45, 7) is -0.729. The molecule has 2 rings (SSSR count). The van der Waals surface area contributed by atoms with E-state index < -0.39 is 37.3 Å². The highest BCUT2D eigenvalue weighted by Gasteiger charge is 2.65. The Morgan fingerprint density at radius 2 is 1.85 bits per heavy atom. The van der Waals surface area contributed by atoms with Crippen molar-refractivity contribution in [3.8, 4) is 0 Å². The van der Waals surface area contributed by atoms with Crippen molar-refractivity contribution in [1.82, 2.24) is 0 Å². The van der Waals surface area contributed by atoms with Crippen LogP contribution in [0.1, 0.15) is 12.0 Å². The van der Waals surface area contributed by atoms with Crippen LogP contribution in [0.4, 0.5) is 17.6 Å². The number of hydrogen-bond donors (Lipinski definition) is 1. The maximum atomic E-state index is 13.5. The van der Waals surface area contributed by atoms with Gasteiger partial charge in [-0.05, 0) is 5.56 Å². The largest absolute Gasteiger partial charge is 0.374 e. The molecule has 1 saturated heterocycles. The Bertz CT molecular complexity index is 439. The summed E-state index contributed by atoms with van der Waals surface area (Å²) in [5.74, 6) is -8.69. The van der Waals surface area contributed by atoms with Gasteiger partial charge in [0.25, 0.3) is 0 Å². The van der Waals surface area contributed by atoms with Crippen LogP contribution >= 0.6 is 0 Å². The average molecular weight is 294 g/mol. The molecule has 1 aromatic rings. The van der Waals surface area contributed by atoms with Crippen LogP contribution in [-0.2, 0) is 16.1 Å². The first kappa shape index (κ1) is 15.2. The van der Waals surface area contributed by atoms with E-state index in [2.05, 4.69) is 4.74 Å². The van der Waals surface area contributed by atoms with Crippen LogP contribution in [0.2, 0.25) is 0 Å². The summed E-state index contributed by atoms with van der Waals surface area (Å²) in [4.78, 5) is 0. The van der Waals surface area contributed by atoms with E-state index in [4.69, 9.17) is 9.84 Å². The fraction of sp³-hybridized carbons (Fsp3) is 0.538. The van der Waals surface area contributed by atoms with Crippen LogP contribution in [-0.4, -0.2) is 36.0 Å². The number of benzene rings is 1. The molecule has 0 amide bonds. The highest BCUT2D eigenvalue weighted by atomic mass is 19.3. The normalized spacial score (nSPS) is 28.2. The van der Waals surface area contributed by atoms with Gasteiger partial charge in [-0.15, -0.1) is 0 Å². The molecule has 1 aliphatic heterocycles. The molecule has 0 radical (unpaired) electrons. The average Bonchev–Trinajstić information content (AvgIpc) is 2.36. The molecule has 1 unspecified atom stereocenters. The molecule has 1 aromatic carbocycles. The van der Waals surface area contributed by atoms with Crippen LogP contribution in [0.15, 0.2) is 30.3 Å². The zero-order valence-electron chi connectivity index (χ0n) is 10.4. The minimum atomic E-state index is -4.37. The molecule has 2 atom stereocenters. The fourth-order valence-electron chi connectivity index (χ4n) is 1.92. The minimum absolute atomic E-state index is 0.00154. The number of rotatable bonds is 4. The Labute approximate surface area is 113 Å². The lowest BCUT2D eigenvalue weighted by Crippen LogP contribution is -2.59. The third-order valence-corrected chi connectivity index (χ3v) is 3.03. The second-order valence-corrected chi connectivity index (χ2v) is 4.61. The van der Waals surface area contributed by atoms with E-state index >= 15 is 0 Å². The van der Waals surface area contributed by atoms with E-state index in [1.54, 1.807) is 30.3 Å². The Balaban J connectivity index is 1.94. The summed E-state index contributed by atoms with van der Waals surface area (Å²) in [7, 11) is 0. The van der Waals surface area contributed by atoms with Crippen molar-refractivity contribution in [3.63, 3.8) is 0 Å². The van der Waals surface area contributed by atoms with Gasteiger partial charge >= 0.3 is 11.8 Å². The van der Waals surface area contributed by atoms with E-state index in [0.29, 0.717) is 0 Å². The molecule has 112 valence electrons. The minimum Gasteiger partial charge on any atom is -0.374 e. The zero-order valence-corrected chi connectivity index (χ0v) is 10.4. The van der Waals surface area contributed by atoms with Crippen LogP contribution in [0.3, 0.4) is 0 Å². The molecular weight excluding hydrogens is 280 g/mol. The Kier molecular flexibility index (Phi) is 4.31. The first-order valence-corrected chi connectivity index (χ1v) is 6.04. The van der Waals surface area contributed by atoms with Crippen molar-refractivity contribution in [2.45, 2.75) is 37.3 Å². The Hall–Kier alpha value is -1.18. The van der Waals surface area contributed by atoms with Gasteiger partial charge in [0.1, 0.15) is 0 Å². The van der Waals surface area contributed by atoms with Gasteiger partial charge < -0.3 is 14.6 Å². The van der Waals surface area contributed by atoms with Crippen molar-refractivity contribution in [2.24, 2.45) is 0 Å². The monoisotopic (exact) mass is 294 g/mol. The molecule has 3 nitrogen and oxygen atoms in total. The molecule has 20 heavy (non-hydrogen) atoms. The summed E-state index contributed by atoms with van der Waals surface area (Å²) >= 11 is 0. The molecule has 1 fully saturated rings. The summed E-state index contributed by atoms with van der Waals surface area (Å²) in [6, 6.07) is 8.68. The predicted octanol–water partition coefficient (Wildman–Crippen LogP) is 2.58. The Morgan fingerprint density at radius 3 is 2.50 bits per heavy atom. The topological polar surface area (TPSA) is 38.7 Å². The first-order chi connectivity index (χ1) is 9.33. The highest BCUT2D eigenvalue weighted by Crippen LogP contribution is 2.45. The van der Waals surface area contributed by atoms with Gasteiger partial charge in [-0.1, -0.05) is 30.3 Å². The maximum Gasteiger partial charge on any atom is 0.338 e. The lowest BCUT2D eigenvalue weighted by atomic mass is 9.99. The van der Waals surface area contributed by atoms with Gasteiger partial charge in [-0.25, -0.2) is 0 Å². The zero-order chi connectivity index (χ0) is 14.8. The Morgan fingerprint density at radius 1 is 1.20 bits per heavy atom. The molecule has 0 spiro atoms. The number of ether oxygens (including phenoxy) is 2. The molecule has 1 heterocycles. The molecule has 1 aliphatic rings. The summed E-state index contributed by atoms with van der Waals surface area (Å²) in [5, 5.41) is 9.07. The van der Waals surface area contributed by atoms with E-state index in [9.17, 15) is 17.6 Å². The molecule has 0 aliphatic carbocycles. The fourth-order valence-corrected chi connectivity index (χ4v) is 1.92. The van der Waals surface area contributed by atoms with Crippen LogP contribution in [0.25, 0.3) is 0 Å². The first-order valence-electron chi connectivity index (χ1n) is 6.04. The van der Waals surface area contributed by atoms with Gasteiger partial charge in [-0.2, -0.15) is 17.6 Å². The number of hydrogen-bond acceptors (Lipinski definition) is 3. The van der Waals surface area contributed by atoms with Gasteiger partial charge in [0.15, 0.2) is 12.4 Å². The number of alkyl halides is 4. The third kappa shape index (κ3) is 3.11. The van der Waals surface area contributed by atoms with Gasteiger partial charge in [-0.3, -0.25) is 0 Å². The van der Waals surface area contributed by atoms with Gasteiger partial charge in [0.05, 0.1) is 19.6 Å². The van der Waals surface area contributed by atoms with E-state index in [1.165, 1.54) is 0 Å². The quantitative estimate of drug-likeness (QED) is 0.868. The van der Waals surface area contributed by atoms with E-state index in [-0.39, 0.29) is 6.61 Å². The summed E-state index contributed by atoms with van der Waals surface area (Å²) in [5.41, 5.74) is 0.721. The van der Waals surface area contributed by atoms with Crippen LogP contribution < -0.4 is 0 Å².